The van der Waals surface area contributed by atoms with Crippen molar-refractivity contribution >= 4 is 11.7 Å². The molecule has 0 radical (unpaired) electrons. The minimum Gasteiger partial charge on any atom is -0.384 e. The number of carbonyl (C=O) groups excluding carboxylic acids is 1. The minimum absolute atomic E-state index is 0.244. The maximum absolute atomic E-state index is 12.7. The average molecular weight is 303 g/mol. The fraction of sp³-hybridized carbons (Fsp3) is 0.538. The number of rotatable bonds is 2. The summed E-state index contributed by atoms with van der Waals surface area (Å²) in [6.07, 6.45) is -4.34. The van der Waals surface area contributed by atoms with Crippen molar-refractivity contribution in [1.29, 1.82) is 0 Å². The highest BCUT2D eigenvalue weighted by atomic mass is 19.4. The van der Waals surface area contributed by atoms with Crippen molar-refractivity contribution < 1.29 is 23.1 Å². The van der Waals surface area contributed by atoms with Gasteiger partial charge in [0.25, 0.3) is 5.91 Å². The Bertz CT molecular complexity index is 512. The minimum atomic E-state index is -4.40. The molecule has 1 amide bonds. The maximum atomic E-state index is 12.7. The van der Waals surface area contributed by atoms with Crippen molar-refractivity contribution in [1.82, 2.24) is 9.88 Å². The van der Waals surface area contributed by atoms with Crippen LogP contribution in [0.15, 0.2) is 18.3 Å². The first-order valence-electron chi connectivity index (χ1n) is 6.54. The molecule has 8 heteroatoms. The van der Waals surface area contributed by atoms with Gasteiger partial charge in [-0.15, -0.1) is 0 Å². The van der Waals surface area contributed by atoms with Crippen LogP contribution >= 0.6 is 0 Å². The molecule has 1 aliphatic rings. The summed E-state index contributed by atoms with van der Waals surface area (Å²) in [5.41, 5.74) is -0.741. The van der Waals surface area contributed by atoms with Crippen LogP contribution < -0.4 is 4.90 Å². The first-order valence-corrected chi connectivity index (χ1v) is 6.54. The summed E-state index contributed by atoms with van der Waals surface area (Å²) in [5, 5.41) is 9.24. The molecule has 1 aromatic rings. The van der Waals surface area contributed by atoms with Gasteiger partial charge in [-0.05, 0) is 19.1 Å². The Balaban J connectivity index is 2.04. The normalized spacial score (nSPS) is 17.8. The summed E-state index contributed by atoms with van der Waals surface area (Å²) >= 11 is 0. The third-order valence-electron chi connectivity index (χ3n) is 3.35. The molecule has 21 heavy (non-hydrogen) atoms. The Morgan fingerprint density at radius 1 is 1.33 bits per heavy atom. The fourth-order valence-electron chi connectivity index (χ4n) is 2.19. The first-order chi connectivity index (χ1) is 9.79. The lowest BCUT2D eigenvalue weighted by atomic mass is 10.2. The summed E-state index contributed by atoms with van der Waals surface area (Å²) in [5.74, 6) is -0.124. The molecule has 1 atom stereocenters. The van der Waals surface area contributed by atoms with Crippen molar-refractivity contribution in [2.24, 2.45) is 0 Å². The molecule has 0 spiro atoms. The van der Waals surface area contributed by atoms with Gasteiger partial charge in [-0.1, -0.05) is 0 Å². The Morgan fingerprint density at radius 3 is 2.48 bits per heavy atom. The Labute approximate surface area is 120 Å². The second-order valence-electron chi connectivity index (χ2n) is 4.89. The summed E-state index contributed by atoms with van der Waals surface area (Å²) in [7, 11) is 0. The van der Waals surface area contributed by atoms with E-state index in [0.29, 0.717) is 26.2 Å². The van der Waals surface area contributed by atoms with E-state index in [1.54, 1.807) is 4.90 Å². The molecule has 1 fully saturated rings. The number of aliphatic hydroxyl groups excluding tert-OH is 1. The topological polar surface area (TPSA) is 56.7 Å². The molecule has 2 heterocycles. The SMILES string of the molecule is CC(O)C(=O)N1CCN(c2cc(C(F)(F)F)ccn2)CC1. The van der Waals surface area contributed by atoms with Crippen LogP contribution in [-0.2, 0) is 11.0 Å². The maximum Gasteiger partial charge on any atom is 0.416 e. The zero-order valence-corrected chi connectivity index (χ0v) is 11.5. The molecule has 5 nitrogen and oxygen atoms in total. The lowest BCUT2D eigenvalue weighted by Gasteiger charge is -2.36. The number of aliphatic hydroxyl groups is 1. The van der Waals surface area contributed by atoms with E-state index >= 15 is 0 Å². The zero-order valence-electron chi connectivity index (χ0n) is 11.5. The lowest BCUT2D eigenvalue weighted by molar-refractivity contribution is -0.139. The molecule has 0 bridgehead atoms. The molecule has 116 valence electrons. The van der Waals surface area contributed by atoms with Gasteiger partial charge in [0.1, 0.15) is 11.9 Å². The van der Waals surface area contributed by atoms with Crippen LogP contribution in [0, 0.1) is 0 Å². The third-order valence-corrected chi connectivity index (χ3v) is 3.35. The number of hydrogen-bond acceptors (Lipinski definition) is 4. The van der Waals surface area contributed by atoms with E-state index in [0.717, 1.165) is 18.3 Å². The number of nitrogens with zero attached hydrogens (tertiary/aromatic N) is 3. The third kappa shape index (κ3) is 3.63. The van der Waals surface area contributed by atoms with E-state index in [9.17, 15) is 23.1 Å². The predicted octanol–water partition coefficient (Wildman–Crippen LogP) is 1.13. The van der Waals surface area contributed by atoms with Gasteiger partial charge in [-0.3, -0.25) is 4.79 Å². The molecule has 0 aromatic carbocycles. The highest BCUT2D eigenvalue weighted by Gasteiger charge is 2.32. The molecule has 0 saturated carbocycles. The second-order valence-corrected chi connectivity index (χ2v) is 4.89. The number of hydrogen-bond donors (Lipinski definition) is 1. The summed E-state index contributed by atoms with van der Waals surface area (Å²) in [4.78, 5) is 18.8. The monoisotopic (exact) mass is 303 g/mol. The van der Waals surface area contributed by atoms with E-state index < -0.39 is 17.8 Å². The van der Waals surface area contributed by atoms with Gasteiger partial charge in [0.05, 0.1) is 5.56 Å². The van der Waals surface area contributed by atoms with E-state index in [4.69, 9.17) is 0 Å². The molecule has 1 aliphatic heterocycles. The smallest absolute Gasteiger partial charge is 0.384 e. The zero-order chi connectivity index (χ0) is 15.6. The highest BCUT2D eigenvalue weighted by molar-refractivity contribution is 5.80. The molecule has 2 rings (SSSR count). The molecule has 1 saturated heterocycles. The van der Waals surface area contributed by atoms with Crippen LogP contribution in [0.5, 0.6) is 0 Å². The van der Waals surface area contributed by atoms with Gasteiger partial charge in [0.15, 0.2) is 0 Å². The van der Waals surface area contributed by atoms with Crippen molar-refractivity contribution in [3.8, 4) is 0 Å². The van der Waals surface area contributed by atoms with Crippen LogP contribution in [0.25, 0.3) is 0 Å². The summed E-state index contributed by atoms with van der Waals surface area (Å²) in [6, 6.07) is 1.93. The Hall–Kier alpha value is -1.83. The lowest BCUT2D eigenvalue weighted by Crippen LogP contribution is -2.51. The number of piperazine rings is 1. The Morgan fingerprint density at radius 2 is 1.95 bits per heavy atom. The largest absolute Gasteiger partial charge is 0.416 e. The van der Waals surface area contributed by atoms with E-state index in [-0.39, 0.29) is 11.7 Å². The first kappa shape index (κ1) is 15.6. The molecule has 0 aliphatic carbocycles. The predicted molar refractivity (Wildman–Crippen MR) is 69.7 cm³/mol. The molecule has 1 unspecified atom stereocenters. The van der Waals surface area contributed by atoms with Crippen molar-refractivity contribution in [2.75, 3.05) is 31.1 Å². The molecule has 1 aromatic heterocycles. The number of halogens is 3. The number of pyridine rings is 1. The summed E-state index contributed by atoms with van der Waals surface area (Å²) in [6.45, 7) is 2.85. The number of anilines is 1. The Kier molecular flexibility index (Phi) is 4.36. The van der Waals surface area contributed by atoms with Crippen LogP contribution in [0.1, 0.15) is 12.5 Å². The number of aromatic nitrogens is 1. The van der Waals surface area contributed by atoms with Gasteiger partial charge < -0.3 is 14.9 Å². The van der Waals surface area contributed by atoms with Gasteiger partial charge in [-0.2, -0.15) is 13.2 Å². The number of amides is 1. The highest BCUT2D eigenvalue weighted by Crippen LogP contribution is 2.30. The van der Waals surface area contributed by atoms with E-state index in [1.807, 2.05) is 0 Å². The molecule has 1 N–H and O–H groups in total. The van der Waals surface area contributed by atoms with Crippen LogP contribution in [-0.4, -0.2) is 53.2 Å². The molecular formula is C13H16F3N3O2. The van der Waals surface area contributed by atoms with Gasteiger partial charge in [0.2, 0.25) is 0 Å². The van der Waals surface area contributed by atoms with Crippen LogP contribution in [0.3, 0.4) is 0 Å². The van der Waals surface area contributed by atoms with Crippen LogP contribution in [0.4, 0.5) is 19.0 Å². The van der Waals surface area contributed by atoms with Crippen molar-refractivity contribution in [3.63, 3.8) is 0 Å². The van der Waals surface area contributed by atoms with Crippen LogP contribution in [0.2, 0.25) is 0 Å². The quantitative estimate of drug-likeness (QED) is 0.890. The summed E-state index contributed by atoms with van der Waals surface area (Å²) < 4.78 is 38.0. The van der Waals surface area contributed by atoms with Crippen molar-refractivity contribution in [2.45, 2.75) is 19.2 Å². The standard InChI is InChI=1S/C13H16F3N3O2/c1-9(20)12(21)19-6-4-18(5-7-19)11-8-10(2-3-17-11)13(14,15)16/h2-3,8-9,20H,4-7H2,1H3. The number of carbonyl (C=O) groups is 1. The fourth-order valence-corrected chi connectivity index (χ4v) is 2.19. The van der Waals surface area contributed by atoms with Gasteiger partial charge >= 0.3 is 6.18 Å². The molecular weight excluding hydrogens is 287 g/mol. The van der Waals surface area contributed by atoms with E-state index in [1.165, 1.54) is 11.8 Å². The van der Waals surface area contributed by atoms with Gasteiger partial charge in [-0.25, -0.2) is 4.98 Å². The van der Waals surface area contributed by atoms with Gasteiger partial charge in [0, 0.05) is 32.4 Å². The van der Waals surface area contributed by atoms with Crippen molar-refractivity contribution in [3.05, 3.63) is 23.9 Å². The van der Waals surface area contributed by atoms with E-state index in [2.05, 4.69) is 4.98 Å². The number of alkyl halides is 3. The average Bonchev–Trinajstić information content (AvgIpc) is 2.46. The second kappa shape index (κ2) is 5.88.